The Morgan fingerprint density at radius 2 is 0.836 bits per heavy atom. The van der Waals surface area contributed by atoms with E-state index >= 15 is 0 Å². The molecule has 0 aliphatic carbocycles. The topological polar surface area (TPSA) is 694 Å². The van der Waals surface area contributed by atoms with E-state index in [4.69, 9.17) is 34.1 Å². The van der Waals surface area contributed by atoms with Crippen LogP contribution >= 0.6 is 11.8 Å². The Morgan fingerprint density at radius 1 is 0.451 bits per heavy atom. The Morgan fingerprint density at radius 3 is 1.29 bits per heavy atom. The summed E-state index contributed by atoms with van der Waals surface area (Å²) in [6.07, 6.45) is 1.73. The van der Waals surface area contributed by atoms with Gasteiger partial charge in [0.05, 0.1) is 18.9 Å². The predicted octanol–water partition coefficient (Wildman–Crippen LogP) is -5.28. The Balaban J connectivity index is 1.94. The first-order chi connectivity index (χ1) is 57.5. The molecule has 676 valence electrons. The van der Waals surface area contributed by atoms with Gasteiger partial charge < -0.3 is 124 Å². The van der Waals surface area contributed by atoms with Crippen molar-refractivity contribution in [1.82, 2.24) is 89.7 Å². The fourth-order valence-electron chi connectivity index (χ4n) is 12.1. The van der Waals surface area contributed by atoms with E-state index in [9.17, 15) is 91.7 Å². The number of thioether (sulfide) groups is 1. The molecule has 0 spiro atoms. The number of H-pyrrole nitrogens is 1. The molecule has 29 N–H and O–H groups in total. The van der Waals surface area contributed by atoms with E-state index in [1.54, 1.807) is 108 Å². The van der Waals surface area contributed by atoms with Gasteiger partial charge in [-0.25, -0.2) is 9.78 Å². The summed E-state index contributed by atoms with van der Waals surface area (Å²) in [6, 6.07) is -5.31. The first-order valence-electron chi connectivity index (χ1n) is 40.3. The van der Waals surface area contributed by atoms with Gasteiger partial charge in [-0.15, -0.1) is 0 Å². The lowest BCUT2D eigenvalue weighted by Crippen LogP contribution is -2.62. The number of aliphatic hydroxyl groups excluding tert-OH is 1. The molecule has 0 radical (unpaired) electrons. The molecule has 1 aromatic heterocycles. The Hall–Kier alpha value is -11.9. The number of nitrogens with one attached hydrogen (secondary N) is 17. The van der Waals surface area contributed by atoms with Crippen molar-refractivity contribution in [2.45, 2.75) is 249 Å². The summed E-state index contributed by atoms with van der Waals surface area (Å²) < 4.78 is 0. The monoisotopic (exact) mass is 1730 g/mol. The lowest BCUT2D eigenvalue weighted by Gasteiger charge is -2.30. The summed E-state index contributed by atoms with van der Waals surface area (Å²) >= 11 is 1.30. The summed E-state index contributed by atoms with van der Waals surface area (Å²) in [4.78, 5) is 242. The second-order valence-electron chi connectivity index (χ2n) is 30.5. The van der Waals surface area contributed by atoms with E-state index in [-0.39, 0.29) is 88.3 Å². The number of aliphatic carboxylic acids is 1. The molecule has 0 bridgehead atoms. The number of hydrogen-bond donors (Lipinski definition) is 24. The minimum absolute atomic E-state index is 0.0241. The van der Waals surface area contributed by atoms with Crippen LogP contribution in [0.15, 0.2) is 73.2 Å². The number of amides is 16. The van der Waals surface area contributed by atoms with E-state index in [2.05, 4.69) is 89.7 Å². The molecule has 122 heavy (non-hydrogen) atoms. The molecule has 0 fully saturated rings. The summed E-state index contributed by atoms with van der Waals surface area (Å²) in [7, 11) is 0. The number of aromatic nitrogens is 2. The smallest absolute Gasteiger partial charge is 0.326 e. The number of carboxylic acids is 1. The number of carbonyl (C=O) groups is 17. The molecule has 42 nitrogen and oxygen atoms in total. The molecule has 16 amide bonds. The highest BCUT2D eigenvalue weighted by atomic mass is 32.2. The molecule has 0 aliphatic heterocycles. The Bertz CT molecular complexity index is 4000. The van der Waals surface area contributed by atoms with E-state index < -0.39 is 228 Å². The van der Waals surface area contributed by atoms with Crippen molar-refractivity contribution < 1.29 is 91.7 Å². The highest BCUT2D eigenvalue weighted by Crippen LogP contribution is 2.16. The molecule has 0 aliphatic rings. The molecule has 0 unspecified atom stereocenters. The highest BCUT2D eigenvalue weighted by molar-refractivity contribution is 7.98. The van der Waals surface area contributed by atoms with Crippen LogP contribution in [-0.4, -0.2) is 248 Å². The van der Waals surface area contributed by atoms with Gasteiger partial charge >= 0.3 is 5.97 Å². The third kappa shape index (κ3) is 37.4. The van der Waals surface area contributed by atoms with Gasteiger partial charge in [0, 0.05) is 44.1 Å². The molecule has 0 saturated heterocycles. The molecule has 43 heteroatoms. The maximum absolute atomic E-state index is 15.0. The van der Waals surface area contributed by atoms with Crippen molar-refractivity contribution in [2.24, 2.45) is 46.4 Å². The van der Waals surface area contributed by atoms with Crippen molar-refractivity contribution >= 4 is 118 Å². The van der Waals surface area contributed by atoms with Crippen LogP contribution in [0.1, 0.15) is 150 Å². The van der Waals surface area contributed by atoms with E-state index in [1.165, 1.54) is 52.0 Å². The summed E-state index contributed by atoms with van der Waals surface area (Å²) in [5.74, 6) is -18.5. The van der Waals surface area contributed by atoms with E-state index in [1.807, 2.05) is 0 Å². The van der Waals surface area contributed by atoms with Gasteiger partial charge in [0.2, 0.25) is 94.5 Å². The SMILES string of the molecule is CC[C@H](C)[C@H](NC(=O)[C@H](Cc1ccccc1)NC(=O)[C@@H](NC(=O)[C@H](C)NC(=O)[C@H](CCSC)NC(=O)[C@H](CCC(N)=O)NC(=O)[C@@H](NC(=O)[C@H](C)NC(=O)[C@@H](N)[C@@H](C)O)C(C)C)C(C)C)C(=O)N[C@@H](Cc1cnc[nH]1)C(=O)N[C@@H](CC(N)=O)C(=O)N[C@@H](Cc1ccccc1)C(=O)N[C@@H](C)C(=O)N[C@@H](CCCNC(=N)N)C(=O)N[C@@H](CCCCN)C(=O)O. The Labute approximate surface area is 712 Å². The fraction of sp³-hybridized carbons (Fsp3) is 0.582. The first-order valence-corrected chi connectivity index (χ1v) is 41.7. The van der Waals surface area contributed by atoms with Gasteiger partial charge in [0.15, 0.2) is 5.96 Å². The number of rotatable bonds is 56. The number of imidazole rings is 1. The normalized spacial score (nSPS) is 15.3. The van der Waals surface area contributed by atoms with Gasteiger partial charge in [-0.3, -0.25) is 82.1 Å². The van der Waals surface area contributed by atoms with Gasteiger partial charge in [0.25, 0.3) is 0 Å². The number of nitrogens with zero attached hydrogens (tertiary/aromatic N) is 1. The maximum Gasteiger partial charge on any atom is 0.326 e. The number of aliphatic hydroxyl groups is 1. The minimum Gasteiger partial charge on any atom is -0.480 e. The van der Waals surface area contributed by atoms with Crippen LogP contribution in [-0.2, 0) is 101 Å². The zero-order valence-electron chi connectivity index (χ0n) is 70.8. The number of nitrogens with two attached hydrogens (primary N) is 5. The van der Waals surface area contributed by atoms with E-state index in [0.29, 0.717) is 24.0 Å². The van der Waals surface area contributed by atoms with Crippen LogP contribution in [0.4, 0.5) is 0 Å². The third-order valence-corrected chi connectivity index (χ3v) is 20.2. The summed E-state index contributed by atoms with van der Waals surface area (Å²) in [5, 5.41) is 65.5. The van der Waals surface area contributed by atoms with Crippen LogP contribution in [0.25, 0.3) is 0 Å². The number of unbranched alkanes of at least 4 members (excludes halogenated alkanes) is 1. The van der Waals surface area contributed by atoms with Crippen molar-refractivity contribution in [1.29, 1.82) is 5.41 Å². The molecule has 0 saturated carbocycles. The van der Waals surface area contributed by atoms with Crippen LogP contribution < -0.4 is 108 Å². The zero-order valence-corrected chi connectivity index (χ0v) is 71.6. The van der Waals surface area contributed by atoms with Crippen molar-refractivity contribution in [3.05, 3.63) is 90.0 Å². The molecule has 1 heterocycles. The quantitative estimate of drug-likeness (QED) is 0.0143. The van der Waals surface area contributed by atoms with Crippen molar-refractivity contribution in [2.75, 3.05) is 25.1 Å². The summed E-state index contributed by atoms with van der Waals surface area (Å²) in [6.45, 7) is 15.2. The number of carboxylic acid groups (broad SMARTS) is 1. The third-order valence-electron chi connectivity index (χ3n) is 19.6. The van der Waals surface area contributed by atoms with Gasteiger partial charge in [0.1, 0.15) is 90.6 Å². The van der Waals surface area contributed by atoms with Crippen molar-refractivity contribution in [3.63, 3.8) is 0 Å². The van der Waals surface area contributed by atoms with Crippen LogP contribution in [0.5, 0.6) is 0 Å². The second kappa shape index (κ2) is 53.7. The number of hydrogen-bond acceptors (Lipinski definition) is 23. The standard InChI is InChI=1S/C79H125N23O19S/c1-12-42(6)63(77(119)99-56(36-49-38-86-39-88-49)71(113)97-57(37-59(82)105)72(114)96-54(34-47-22-15-13-16-23-47)70(112)90-43(7)64(106)92-50(27-21-32-87-79(84)85)68(110)95-53(78(120)121)26-19-20-31-80)102-73(115)55(35-48-24-17-14-18-25-48)98-76(118)62(41(4)5)101-65(107)44(8)89-67(109)52(30-33-122-11)93-69(111)51(28-29-58(81)104)94-75(117)61(40(2)3)100-66(108)45(9)91-74(116)60(83)46(10)103/h13-18,22-25,38-46,50-57,60-63,103H,12,19-21,26-37,80,83H2,1-11H3,(H2,81,104)(H2,82,105)(H,86,88)(H,89,109)(H,90,112)(H,91,116)(H,92,106)(H,93,111)(H,94,117)(H,95,110)(H,96,114)(H,97,113)(H,98,118)(H,99,119)(H,100,108)(H,101,107)(H,102,115)(H,120,121)(H4,84,85,87)/t42-,43-,44-,45-,46+,50-,51-,52-,53-,54-,55-,56-,57-,60-,61-,62-,63-/m0/s1. The Kier molecular flexibility index (Phi) is 45.9. The molecular formula is C79H125N23O19S. The number of benzene rings is 2. The van der Waals surface area contributed by atoms with Gasteiger partial charge in [-0.05, 0) is 120 Å². The van der Waals surface area contributed by atoms with Crippen LogP contribution in [0, 0.1) is 23.2 Å². The van der Waals surface area contributed by atoms with Crippen LogP contribution in [0.3, 0.4) is 0 Å². The number of aromatic amines is 1. The molecule has 3 aromatic rings. The highest BCUT2D eigenvalue weighted by Gasteiger charge is 2.40. The lowest BCUT2D eigenvalue weighted by molar-refractivity contribution is -0.142. The fourth-order valence-corrected chi connectivity index (χ4v) is 12.5. The molecule has 17 atom stereocenters. The average Bonchev–Trinajstić information content (AvgIpc) is 1.00. The number of primary amides is 2. The average molecular weight is 1730 g/mol. The molecule has 3 rings (SSSR count). The van der Waals surface area contributed by atoms with Crippen LogP contribution in [0.2, 0.25) is 0 Å². The number of carbonyl (C=O) groups excluding carboxylic acids is 16. The van der Waals surface area contributed by atoms with Gasteiger partial charge in [-0.2, -0.15) is 11.8 Å². The largest absolute Gasteiger partial charge is 0.480 e. The molecular weight excluding hydrogens is 1610 g/mol. The predicted molar refractivity (Wildman–Crippen MR) is 450 cm³/mol. The molecule has 2 aromatic carbocycles. The maximum atomic E-state index is 15.0. The van der Waals surface area contributed by atoms with Gasteiger partial charge in [-0.1, -0.05) is 109 Å². The number of guanidine groups is 1. The van der Waals surface area contributed by atoms with E-state index in [0.717, 1.165) is 0 Å². The lowest BCUT2D eigenvalue weighted by atomic mass is 9.96. The minimum atomic E-state index is -1.87. The van der Waals surface area contributed by atoms with Crippen molar-refractivity contribution in [3.8, 4) is 0 Å². The summed E-state index contributed by atoms with van der Waals surface area (Å²) in [5.41, 5.74) is 29.1. The second-order valence-corrected chi connectivity index (χ2v) is 31.5. The first kappa shape index (κ1) is 104. The zero-order chi connectivity index (χ0) is 91.6.